The second-order valence-corrected chi connectivity index (χ2v) is 7.02. The third-order valence-electron chi connectivity index (χ3n) is 4.24. The fourth-order valence-corrected chi connectivity index (χ4v) is 3.22. The van der Waals surface area contributed by atoms with Crippen LogP contribution in [0.2, 0.25) is 0 Å². The Morgan fingerprint density at radius 1 is 1.35 bits per heavy atom. The molecule has 124 valence electrons. The minimum Gasteiger partial charge on any atom is -0.465 e. The van der Waals surface area contributed by atoms with Crippen molar-refractivity contribution in [1.29, 1.82) is 5.26 Å². The zero-order valence-corrected chi connectivity index (χ0v) is 13.9. The van der Waals surface area contributed by atoms with Crippen LogP contribution in [0.4, 0.5) is 10.6 Å². The predicted molar refractivity (Wildman–Crippen MR) is 88.2 cm³/mol. The number of hydrogen-bond acceptors (Lipinski definition) is 4. The molecule has 0 atom stereocenters. The van der Waals surface area contributed by atoms with Crippen molar-refractivity contribution in [3.63, 3.8) is 0 Å². The first kappa shape index (κ1) is 17.1. The van der Waals surface area contributed by atoms with Crippen molar-refractivity contribution in [2.24, 2.45) is 0 Å². The molecule has 2 N–H and O–H groups in total. The van der Waals surface area contributed by atoms with Crippen molar-refractivity contribution in [1.82, 2.24) is 9.88 Å². The lowest BCUT2D eigenvalue weighted by molar-refractivity contribution is 0.0556. The molecule has 0 spiro atoms. The largest absolute Gasteiger partial charge is 0.465 e. The Morgan fingerprint density at radius 2 is 2.00 bits per heavy atom. The van der Waals surface area contributed by atoms with Gasteiger partial charge < -0.3 is 15.3 Å². The zero-order valence-electron chi connectivity index (χ0n) is 13.9. The molecule has 1 aliphatic rings. The summed E-state index contributed by atoms with van der Waals surface area (Å²) in [5.41, 5.74) is 0.160. The summed E-state index contributed by atoms with van der Waals surface area (Å²) in [6.45, 7) is 5.81. The van der Waals surface area contributed by atoms with E-state index in [1.807, 2.05) is 32.9 Å². The number of nitriles is 1. The van der Waals surface area contributed by atoms with Gasteiger partial charge in [-0.2, -0.15) is 5.26 Å². The normalized spacial score (nSPS) is 21.3. The molecule has 0 radical (unpaired) electrons. The average Bonchev–Trinajstić information content (AvgIpc) is 2.48. The van der Waals surface area contributed by atoms with E-state index in [1.54, 1.807) is 17.2 Å². The summed E-state index contributed by atoms with van der Waals surface area (Å²) in [4.78, 5) is 17.4. The first-order valence-corrected chi connectivity index (χ1v) is 7.96. The maximum absolute atomic E-state index is 11.6. The van der Waals surface area contributed by atoms with Gasteiger partial charge in [-0.3, -0.25) is 0 Å². The molecule has 1 fully saturated rings. The van der Waals surface area contributed by atoms with Crippen molar-refractivity contribution in [3.8, 4) is 6.07 Å². The molecule has 1 aromatic rings. The van der Waals surface area contributed by atoms with E-state index in [0.717, 1.165) is 31.5 Å². The fraction of sp³-hybridized carbons (Fsp3) is 0.588. The van der Waals surface area contributed by atoms with E-state index in [4.69, 9.17) is 5.26 Å². The molecule has 1 amide bonds. The molecule has 6 nitrogen and oxygen atoms in total. The number of aromatic nitrogens is 1. The average molecular weight is 316 g/mol. The van der Waals surface area contributed by atoms with Crippen LogP contribution < -0.4 is 5.32 Å². The molecule has 0 unspecified atom stereocenters. The number of carboxylic acid groups (broad SMARTS) is 1. The van der Waals surface area contributed by atoms with Crippen LogP contribution in [0.15, 0.2) is 18.3 Å². The van der Waals surface area contributed by atoms with Gasteiger partial charge in [0, 0.05) is 23.8 Å². The van der Waals surface area contributed by atoms with Crippen molar-refractivity contribution in [2.75, 3.05) is 5.32 Å². The lowest BCUT2D eigenvalue weighted by Gasteiger charge is -2.42. The van der Waals surface area contributed by atoms with Gasteiger partial charge in [0.05, 0.1) is 5.56 Å². The Labute approximate surface area is 137 Å². The number of hydrogen-bond donors (Lipinski definition) is 2. The van der Waals surface area contributed by atoms with Crippen LogP contribution in [0.5, 0.6) is 0 Å². The topological polar surface area (TPSA) is 89.3 Å². The lowest BCUT2D eigenvalue weighted by atomic mass is 9.88. The molecule has 6 heteroatoms. The second-order valence-electron chi connectivity index (χ2n) is 7.02. The van der Waals surface area contributed by atoms with Gasteiger partial charge in [0.2, 0.25) is 0 Å². The summed E-state index contributed by atoms with van der Waals surface area (Å²) in [5, 5.41) is 21.6. The number of amides is 1. The molecule has 2 rings (SSSR count). The summed E-state index contributed by atoms with van der Waals surface area (Å²) >= 11 is 0. The van der Waals surface area contributed by atoms with Gasteiger partial charge in [-0.15, -0.1) is 0 Å². The number of nitrogens with one attached hydrogen (secondary N) is 1. The third-order valence-corrected chi connectivity index (χ3v) is 4.24. The summed E-state index contributed by atoms with van der Waals surface area (Å²) in [6.07, 6.45) is 4.22. The molecule has 1 aliphatic carbocycles. The van der Waals surface area contributed by atoms with Gasteiger partial charge in [0.1, 0.15) is 11.9 Å². The standard InChI is InChI=1S/C17H24N4O2/c1-17(2,3)21(16(22)23)14-7-5-13(6-8-14)20-15-9-4-12(10-18)11-19-15/h4,9,11,13-14H,5-8H2,1-3H3,(H,19,20)(H,22,23). The summed E-state index contributed by atoms with van der Waals surface area (Å²) < 4.78 is 0. The Balaban J connectivity index is 1.92. The van der Waals surface area contributed by atoms with Gasteiger partial charge in [-0.25, -0.2) is 9.78 Å². The Morgan fingerprint density at radius 3 is 2.43 bits per heavy atom. The quantitative estimate of drug-likeness (QED) is 0.891. The summed E-state index contributed by atoms with van der Waals surface area (Å²) in [6, 6.07) is 5.96. The van der Waals surface area contributed by atoms with Gasteiger partial charge in [0.25, 0.3) is 0 Å². The number of rotatable bonds is 3. The molecular formula is C17H24N4O2. The molecule has 0 aliphatic heterocycles. The molecule has 1 aromatic heterocycles. The summed E-state index contributed by atoms with van der Waals surface area (Å²) in [7, 11) is 0. The lowest BCUT2D eigenvalue weighted by Crippen LogP contribution is -2.52. The van der Waals surface area contributed by atoms with Gasteiger partial charge in [-0.05, 0) is 58.6 Å². The van der Waals surface area contributed by atoms with Crippen LogP contribution in [0.3, 0.4) is 0 Å². The molecule has 23 heavy (non-hydrogen) atoms. The van der Waals surface area contributed by atoms with Crippen LogP contribution in [0, 0.1) is 11.3 Å². The van der Waals surface area contributed by atoms with Crippen LogP contribution in [-0.2, 0) is 0 Å². The van der Waals surface area contributed by atoms with E-state index in [-0.39, 0.29) is 11.6 Å². The Kier molecular flexibility index (Phi) is 5.09. The number of carbonyl (C=O) groups is 1. The molecule has 0 saturated heterocycles. The van der Waals surface area contributed by atoms with E-state index in [9.17, 15) is 9.90 Å². The van der Waals surface area contributed by atoms with Crippen molar-refractivity contribution in [3.05, 3.63) is 23.9 Å². The van der Waals surface area contributed by atoms with E-state index in [1.165, 1.54) is 0 Å². The van der Waals surface area contributed by atoms with Crippen molar-refractivity contribution < 1.29 is 9.90 Å². The number of pyridine rings is 1. The SMILES string of the molecule is CC(C)(C)N(C(=O)O)C1CCC(Nc2ccc(C#N)cn2)CC1. The van der Waals surface area contributed by atoms with Crippen LogP contribution in [-0.4, -0.2) is 38.7 Å². The smallest absolute Gasteiger partial charge is 0.407 e. The predicted octanol–water partition coefficient (Wildman–Crippen LogP) is 3.45. The van der Waals surface area contributed by atoms with Crippen LogP contribution in [0.1, 0.15) is 52.0 Å². The Hall–Kier alpha value is -2.29. The van der Waals surface area contributed by atoms with Gasteiger partial charge >= 0.3 is 6.09 Å². The minimum atomic E-state index is -0.845. The third kappa shape index (κ3) is 4.35. The van der Waals surface area contributed by atoms with Gasteiger partial charge in [-0.1, -0.05) is 0 Å². The minimum absolute atomic E-state index is 0.0690. The monoisotopic (exact) mass is 316 g/mol. The molecule has 1 heterocycles. The number of anilines is 1. The van der Waals surface area contributed by atoms with Crippen LogP contribution in [0.25, 0.3) is 0 Å². The van der Waals surface area contributed by atoms with E-state index in [0.29, 0.717) is 11.6 Å². The highest BCUT2D eigenvalue weighted by Gasteiger charge is 2.35. The first-order chi connectivity index (χ1) is 10.8. The fourth-order valence-electron chi connectivity index (χ4n) is 3.22. The highest BCUT2D eigenvalue weighted by Crippen LogP contribution is 2.29. The molecular weight excluding hydrogens is 292 g/mol. The van der Waals surface area contributed by atoms with Crippen LogP contribution >= 0.6 is 0 Å². The number of nitrogens with zero attached hydrogens (tertiary/aromatic N) is 3. The first-order valence-electron chi connectivity index (χ1n) is 7.96. The summed E-state index contributed by atoms with van der Waals surface area (Å²) in [5.74, 6) is 0.762. The molecule has 0 bridgehead atoms. The highest BCUT2D eigenvalue weighted by molar-refractivity contribution is 5.66. The second kappa shape index (κ2) is 6.86. The van der Waals surface area contributed by atoms with E-state index in [2.05, 4.69) is 10.3 Å². The van der Waals surface area contributed by atoms with E-state index >= 15 is 0 Å². The van der Waals surface area contributed by atoms with Crippen molar-refractivity contribution in [2.45, 2.75) is 64.1 Å². The molecule has 1 saturated carbocycles. The highest BCUT2D eigenvalue weighted by atomic mass is 16.4. The Bertz CT molecular complexity index is 578. The van der Waals surface area contributed by atoms with E-state index < -0.39 is 6.09 Å². The van der Waals surface area contributed by atoms with Crippen molar-refractivity contribution >= 4 is 11.9 Å². The maximum atomic E-state index is 11.6. The maximum Gasteiger partial charge on any atom is 0.407 e. The zero-order chi connectivity index (χ0) is 17.0. The van der Waals surface area contributed by atoms with Gasteiger partial charge in [0.15, 0.2) is 0 Å². The molecule has 0 aromatic carbocycles.